The molecule has 2 bridgehead atoms. The number of nitrogens with zero attached hydrogens (tertiary/aromatic N) is 2. The normalized spacial score (nSPS) is 31.5. The lowest BCUT2D eigenvalue weighted by Crippen LogP contribution is -2.45. The highest BCUT2D eigenvalue weighted by molar-refractivity contribution is 5.66. The fourth-order valence-electron chi connectivity index (χ4n) is 3.35. The molecule has 2 aliphatic rings. The van der Waals surface area contributed by atoms with Crippen LogP contribution in [0, 0.1) is 0 Å². The molecule has 0 radical (unpaired) electrons. The lowest BCUT2D eigenvalue weighted by atomic mass is 9.88. The van der Waals surface area contributed by atoms with Gasteiger partial charge in [0.05, 0.1) is 0 Å². The standard InChI is InChI=1S/C13H16N2O2/c16-13(17)15-10-4-5-11(15)8-9(7-10)12-3-1-2-6-14-12/h1-3,6,9-11H,4-5,7-8H2,(H,16,17)/t9-,10+,11-. The SMILES string of the molecule is O=C(O)N1[C@@H]2CC[C@H]1C[C@@H](c1ccccn1)C2. The summed E-state index contributed by atoms with van der Waals surface area (Å²) in [7, 11) is 0. The summed E-state index contributed by atoms with van der Waals surface area (Å²) in [6, 6.07) is 6.40. The lowest BCUT2D eigenvalue weighted by Gasteiger charge is -2.36. The van der Waals surface area contributed by atoms with E-state index in [-0.39, 0.29) is 12.1 Å². The molecule has 17 heavy (non-hydrogen) atoms. The number of carbonyl (C=O) groups is 1. The van der Waals surface area contributed by atoms with Gasteiger partial charge < -0.3 is 10.0 Å². The van der Waals surface area contributed by atoms with Crippen LogP contribution in [0.3, 0.4) is 0 Å². The second-order valence-electron chi connectivity index (χ2n) is 5.00. The highest BCUT2D eigenvalue weighted by atomic mass is 16.4. The van der Waals surface area contributed by atoms with E-state index >= 15 is 0 Å². The van der Waals surface area contributed by atoms with Crippen molar-refractivity contribution in [2.45, 2.75) is 43.7 Å². The summed E-state index contributed by atoms with van der Waals surface area (Å²) >= 11 is 0. The third-order valence-electron chi connectivity index (χ3n) is 4.06. The average Bonchev–Trinajstić information content (AvgIpc) is 2.62. The van der Waals surface area contributed by atoms with Crippen molar-refractivity contribution < 1.29 is 9.90 Å². The van der Waals surface area contributed by atoms with E-state index in [0.717, 1.165) is 31.4 Å². The van der Waals surface area contributed by atoms with Crippen molar-refractivity contribution in [3.8, 4) is 0 Å². The Hall–Kier alpha value is -1.58. The first-order chi connectivity index (χ1) is 8.25. The van der Waals surface area contributed by atoms with E-state index in [1.54, 1.807) is 4.90 Å². The first-order valence-electron chi connectivity index (χ1n) is 6.18. The Kier molecular flexibility index (Phi) is 2.50. The summed E-state index contributed by atoms with van der Waals surface area (Å²) < 4.78 is 0. The second kappa shape index (κ2) is 4.02. The molecular weight excluding hydrogens is 216 g/mol. The molecule has 0 aromatic carbocycles. The Labute approximate surface area is 100 Å². The number of rotatable bonds is 1. The maximum absolute atomic E-state index is 11.2. The van der Waals surface area contributed by atoms with Crippen molar-refractivity contribution in [2.75, 3.05) is 0 Å². The summed E-state index contributed by atoms with van der Waals surface area (Å²) in [4.78, 5) is 17.2. The molecule has 0 unspecified atom stereocenters. The first kappa shape index (κ1) is 10.6. The van der Waals surface area contributed by atoms with Crippen molar-refractivity contribution in [1.29, 1.82) is 0 Å². The minimum Gasteiger partial charge on any atom is -0.465 e. The number of pyridine rings is 1. The first-order valence-corrected chi connectivity index (χ1v) is 6.18. The van der Waals surface area contributed by atoms with Crippen LogP contribution in [0.4, 0.5) is 4.79 Å². The predicted octanol–water partition coefficient (Wildman–Crippen LogP) is 2.47. The average molecular weight is 232 g/mol. The summed E-state index contributed by atoms with van der Waals surface area (Å²) in [5.74, 6) is 0.435. The minimum absolute atomic E-state index is 0.207. The molecule has 0 saturated carbocycles. The third kappa shape index (κ3) is 1.77. The number of aromatic nitrogens is 1. The van der Waals surface area contributed by atoms with Crippen molar-refractivity contribution in [3.63, 3.8) is 0 Å². The van der Waals surface area contributed by atoms with Crippen molar-refractivity contribution >= 4 is 6.09 Å². The number of piperidine rings is 1. The molecule has 1 aromatic heterocycles. The molecule has 2 aliphatic heterocycles. The Morgan fingerprint density at radius 2 is 2.00 bits per heavy atom. The maximum Gasteiger partial charge on any atom is 0.407 e. The van der Waals surface area contributed by atoms with E-state index in [0.29, 0.717) is 5.92 Å². The van der Waals surface area contributed by atoms with Crippen molar-refractivity contribution in [2.24, 2.45) is 0 Å². The van der Waals surface area contributed by atoms with Gasteiger partial charge in [-0.25, -0.2) is 4.79 Å². The molecule has 1 amide bonds. The maximum atomic E-state index is 11.2. The van der Waals surface area contributed by atoms with Crippen molar-refractivity contribution in [3.05, 3.63) is 30.1 Å². The van der Waals surface area contributed by atoms with E-state index in [1.807, 2.05) is 18.3 Å². The highest BCUT2D eigenvalue weighted by Gasteiger charge is 2.43. The van der Waals surface area contributed by atoms with Gasteiger partial charge in [-0.05, 0) is 37.8 Å². The minimum atomic E-state index is -0.753. The third-order valence-corrected chi connectivity index (χ3v) is 4.06. The Balaban J connectivity index is 1.80. The van der Waals surface area contributed by atoms with E-state index in [1.165, 1.54) is 0 Å². The molecule has 4 heteroatoms. The van der Waals surface area contributed by atoms with E-state index in [9.17, 15) is 9.90 Å². The van der Waals surface area contributed by atoms with E-state index in [4.69, 9.17) is 0 Å². The highest BCUT2D eigenvalue weighted by Crippen LogP contribution is 2.42. The molecule has 1 N–H and O–H groups in total. The van der Waals surface area contributed by atoms with Crippen LogP contribution in [0.1, 0.15) is 37.3 Å². The predicted molar refractivity (Wildman–Crippen MR) is 62.9 cm³/mol. The van der Waals surface area contributed by atoms with E-state index in [2.05, 4.69) is 11.1 Å². The van der Waals surface area contributed by atoms with Gasteiger partial charge in [-0.1, -0.05) is 6.07 Å². The number of fused-ring (bicyclic) bond motifs is 2. The van der Waals surface area contributed by atoms with Gasteiger partial charge in [-0.3, -0.25) is 4.98 Å². The smallest absolute Gasteiger partial charge is 0.407 e. The fraction of sp³-hybridized carbons (Fsp3) is 0.538. The summed E-state index contributed by atoms with van der Waals surface area (Å²) in [6.07, 6.45) is 4.96. The fourth-order valence-corrected chi connectivity index (χ4v) is 3.35. The van der Waals surface area contributed by atoms with Crippen LogP contribution in [0.15, 0.2) is 24.4 Å². The zero-order valence-electron chi connectivity index (χ0n) is 9.62. The van der Waals surface area contributed by atoms with Crippen LogP contribution in [0.2, 0.25) is 0 Å². The van der Waals surface area contributed by atoms with Crippen LogP contribution in [0.5, 0.6) is 0 Å². The number of hydrogen-bond donors (Lipinski definition) is 1. The van der Waals surface area contributed by atoms with Gasteiger partial charge in [0.25, 0.3) is 0 Å². The summed E-state index contributed by atoms with van der Waals surface area (Å²) in [6.45, 7) is 0. The number of amides is 1. The molecular formula is C13H16N2O2. The second-order valence-corrected chi connectivity index (χ2v) is 5.00. The zero-order chi connectivity index (χ0) is 11.8. The Bertz CT molecular complexity index is 407. The van der Waals surface area contributed by atoms with Crippen LogP contribution >= 0.6 is 0 Å². The Morgan fingerprint density at radius 3 is 2.53 bits per heavy atom. The zero-order valence-corrected chi connectivity index (χ0v) is 9.62. The molecule has 0 aliphatic carbocycles. The van der Waals surface area contributed by atoms with Gasteiger partial charge in [0, 0.05) is 29.9 Å². The number of carboxylic acid groups (broad SMARTS) is 1. The molecule has 3 rings (SSSR count). The molecule has 0 spiro atoms. The molecule has 1 aromatic rings. The molecule has 2 saturated heterocycles. The van der Waals surface area contributed by atoms with Crippen LogP contribution in [-0.4, -0.2) is 33.2 Å². The molecule has 2 fully saturated rings. The van der Waals surface area contributed by atoms with Crippen LogP contribution in [-0.2, 0) is 0 Å². The topological polar surface area (TPSA) is 53.4 Å². The summed E-state index contributed by atoms with van der Waals surface area (Å²) in [5, 5.41) is 9.19. The van der Waals surface area contributed by atoms with E-state index < -0.39 is 6.09 Å². The summed E-state index contributed by atoms with van der Waals surface area (Å²) in [5.41, 5.74) is 1.12. The number of hydrogen-bond acceptors (Lipinski definition) is 2. The molecule has 90 valence electrons. The monoisotopic (exact) mass is 232 g/mol. The molecule has 3 atom stereocenters. The van der Waals surface area contributed by atoms with Gasteiger partial charge in [0.1, 0.15) is 0 Å². The largest absolute Gasteiger partial charge is 0.465 e. The quantitative estimate of drug-likeness (QED) is 0.809. The van der Waals surface area contributed by atoms with Crippen molar-refractivity contribution in [1.82, 2.24) is 9.88 Å². The Morgan fingerprint density at radius 1 is 1.29 bits per heavy atom. The van der Waals surface area contributed by atoms with Crippen LogP contribution in [0.25, 0.3) is 0 Å². The van der Waals surface area contributed by atoms with Crippen LogP contribution < -0.4 is 0 Å². The molecule has 3 heterocycles. The van der Waals surface area contributed by atoms with Gasteiger partial charge >= 0.3 is 6.09 Å². The lowest BCUT2D eigenvalue weighted by molar-refractivity contribution is 0.0960. The molecule has 4 nitrogen and oxygen atoms in total. The van der Waals surface area contributed by atoms with Gasteiger partial charge in [0.15, 0.2) is 0 Å². The van der Waals surface area contributed by atoms with Gasteiger partial charge in [-0.15, -0.1) is 0 Å². The van der Waals surface area contributed by atoms with Gasteiger partial charge in [-0.2, -0.15) is 0 Å². The van der Waals surface area contributed by atoms with Gasteiger partial charge in [0.2, 0.25) is 0 Å².